The molecule has 0 radical (unpaired) electrons. The molecule has 0 saturated carbocycles. The minimum atomic E-state index is -1.01. The van der Waals surface area contributed by atoms with Crippen LogP contribution >= 0.6 is 11.8 Å². The van der Waals surface area contributed by atoms with Gasteiger partial charge in [0.15, 0.2) is 0 Å². The molecular formula is C13H23N3O4S. The molecule has 4 N–H and O–H groups in total. The lowest BCUT2D eigenvalue weighted by molar-refractivity contribution is -0.141. The van der Waals surface area contributed by atoms with Gasteiger partial charge in [-0.15, -0.1) is 11.8 Å². The van der Waals surface area contributed by atoms with Crippen molar-refractivity contribution in [2.24, 2.45) is 5.73 Å². The second kappa shape index (κ2) is 7.02. The summed E-state index contributed by atoms with van der Waals surface area (Å²) in [5.74, 6) is -1.15. The van der Waals surface area contributed by atoms with Gasteiger partial charge in [-0.2, -0.15) is 0 Å². The first-order valence-electron chi connectivity index (χ1n) is 6.91. The first-order chi connectivity index (χ1) is 9.68. The second-order valence-corrected chi connectivity index (χ2v) is 7.01. The summed E-state index contributed by atoms with van der Waals surface area (Å²) < 4.78 is 0. The van der Waals surface area contributed by atoms with Crippen LogP contribution < -0.4 is 11.1 Å². The number of hydrogen-bond acceptors (Lipinski definition) is 4. The second-order valence-electron chi connectivity index (χ2n) is 5.80. The van der Waals surface area contributed by atoms with Crippen LogP contribution in [0.3, 0.4) is 0 Å². The van der Waals surface area contributed by atoms with Gasteiger partial charge in [-0.25, -0.2) is 9.59 Å². The first kappa shape index (κ1) is 17.6. The number of carboxylic acids is 1. The smallest absolute Gasteiger partial charge is 0.327 e. The van der Waals surface area contributed by atoms with Gasteiger partial charge in [0.25, 0.3) is 0 Å². The number of amides is 3. The maximum absolute atomic E-state index is 12.4. The van der Waals surface area contributed by atoms with Gasteiger partial charge in [-0.05, 0) is 20.3 Å². The first-order valence-corrected chi connectivity index (χ1v) is 7.96. The van der Waals surface area contributed by atoms with Crippen LogP contribution in [0.1, 0.15) is 40.0 Å². The molecule has 0 bridgehead atoms. The molecule has 8 heteroatoms. The number of nitrogens with two attached hydrogens (primary N) is 1. The van der Waals surface area contributed by atoms with Crippen molar-refractivity contribution < 1.29 is 19.5 Å². The standard InChI is InChI=1S/C13H23N3O4S/c1-4-5-10-16(8(7-21-10)11(18)19)12(20)15-13(2,3)6-9(14)17/h8,10H,4-7H2,1-3H3,(H2,14,17)(H,15,20)(H,18,19). The number of carbonyl (C=O) groups excluding carboxylic acids is 2. The van der Waals surface area contributed by atoms with Crippen LogP contribution in [-0.4, -0.2) is 50.6 Å². The van der Waals surface area contributed by atoms with Crippen LogP contribution in [0.15, 0.2) is 0 Å². The highest BCUT2D eigenvalue weighted by Gasteiger charge is 2.42. The Morgan fingerprint density at radius 3 is 2.52 bits per heavy atom. The van der Waals surface area contributed by atoms with E-state index in [1.165, 1.54) is 16.7 Å². The molecule has 0 spiro atoms. The van der Waals surface area contributed by atoms with E-state index in [1.807, 2.05) is 6.92 Å². The summed E-state index contributed by atoms with van der Waals surface area (Å²) >= 11 is 1.47. The molecule has 2 atom stereocenters. The molecule has 7 nitrogen and oxygen atoms in total. The maximum Gasteiger partial charge on any atom is 0.327 e. The number of thioether (sulfide) groups is 1. The highest BCUT2D eigenvalue weighted by molar-refractivity contribution is 8.00. The number of carbonyl (C=O) groups is 3. The Hall–Kier alpha value is -1.44. The van der Waals surface area contributed by atoms with Crippen molar-refractivity contribution in [3.8, 4) is 0 Å². The van der Waals surface area contributed by atoms with E-state index in [-0.39, 0.29) is 11.8 Å². The fourth-order valence-corrected chi connectivity index (χ4v) is 3.84. The molecule has 1 saturated heterocycles. The lowest BCUT2D eigenvalue weighted by Crippen LogP contribution is -2.56. The predicted molar refractivity (Wildman–Crippen MR) is 80.8 cm³/mol. The summed E-state index contributed by atoms with van der Waals surface area (Å²) in [6.07, 6.45) is 1.59. The molecule has 0 aromatic rings. The molecule has 120 valence electrons. The fourth-order valence-electron chi connectivity index (χ4n) is 2.33. The van der Waals surface area contributed by atoms with Crippen LogP contribution in [-0.2, 0) is 9.59 Å². The van der Waals surface area contributed by atoms with Crippen molar-refractivity contribution >= 4 is 29.7 Å². The van der Waals surface area contributed by atoms with E-state index < -0.39 is 29.5 Å². The predicted octanol–water partition coefficient (Wildman–Crippen LogP) is 0.978. The van der Waals surface area contributed by atoms with Gasteiger partial charge in [-0.1, -0.05) is 13.3 Å². The fraction of sp³-hybridized carbons (Fsp3) is 0.769. The number of carboxylic acid groups (broad SMARTS) is 1. The summed E-state index contributed by atoms with van der Waals surface area (Å²) in [6.45, 7) is 5.36. The van der Waals surface area contributed by atoms with E-state index in [9.17, 15) is 19.5 Å². The van der Waals surface area contributed by atoms with Crippen LogP contribution in [0.25, 0.3) is 0 Å². The van der Waals surface area contributed by atoms with E-state index in [0.717, 1.165) is 12.8 Å². The number of aliphatic carboxylic acids is 1. The van der Waals surface area contributed by atoms with Crippen LogP contribution in [0, 0.1) is 0 Å². The Morgan fingerprint density at radius 1 is 1.43 bits per heavy atom. The molecule has 0 aromatic carbocycles. The topological polar surface area (TPSA) is 113 Å². The zero-order chi connectivity index (χ0) is 16.2. The number of hydrogen-bond donors (Lipinski definition) is 3. The minimum Gasteiger partial charge on any atom is -0.480 e. The monoisotopic (exact) mass is 317 g/mol. The Bertz CT molecular complexity index is 428. The van der Waals surface area contributed by atoms with Gasteiger partial charge < -0.3 is 16.2 Å². The molecule has 21 heavy (non-hydrogen) atoms. The number of primary amides is 1. The van der Waals surface area contributed by atoms with Gasteiger partial charge in [0.05, 0.1) is 5.37 Å². The minimum absolute atomic E-state index is 0.00406. The SMILES string of the molecule is CCCC1SCC(C(=O)O)N1C(=O)NC(C)(C)CC(N)=O. The van der Waals surface area contributed by atoms with E-state index in [2.05, 4.69) is 5.32 Å². The molecule has 1 fully saturated rings. The summed E-state index contributed by atoms with van der Waals surface area (Å²) in [5.41, 5.74) is 4.35. The zero-order valence-corrected chi connectivity index (χ0v) is 13.4. The Balaban J connectivity index is 2.84. The van der Waals surface area contributed by atoms with E-state index in [0.29, 0.717) is 5.75 Å². The molecule has 1 rings (SSSR count). The molecule has 0 aliphatic carbocycles. The van der Waals surface area contributed by atoms with Crippen LogP contribution in [0.4, 0.5) is 4.79 Å². The Kier molecular flexibility index (Phi) is 5.88. The lowest BCUT2D eigenvalue weighted by atomic mass is 10.0. The van der Waals surface area contributed by atoms with Crippen LogP contribution in [0.2, 0.25) is 0 Å². The van der Waals surface area contributed by atoms with Crippen LogP contribution in [0.5, 0.6) is 0 Å². The quantitative estimate of drug-likeness (QED) is 0.676. The highest BCUT2D eigenvalue weighted by atomic mass is 32.2. The number of rotatable bonds is 6. The third-order valence-electron chi connectivity index (χ3n) is 3.21. The largest absolute Gasteiger partial charge is 0.480 e. The molecule has 1 heterocycles. The maximum atomic E-state index is 12.4. The molecule has 0 aromatic heterocycles. The molecule has 1 aliphatic heterocycles. The summed E-state index contributed by atoms with van der Waals surface area (Å²) in [7, 11) is 0. The summed E-state index contributed by atoms with van der Waals surface area (Å²) in [5, 5.41) is 11.8. The van der Waals surface area contributed by atoms with Crippen molar-refractivity contribution in [3.05, 3.63) is 0 Å². The highest BCUT2D eigenvalue weighted by Crippen LogP contribution is 2.32. The summed E-state index contributed by atoms with van der Waals surface area (Å²) in [6, 6.07) is -1.30. The van der Waals surface area contributed by atoms with Gasteiger partial charge in [0.2, 0.25) is 5.91 Å². The Labute approximate surface area is 128 Å². The van der Waals surface area contributed by atoms with Gasteiger partial charge >= 0.3 is 12.0 Å². The molecule has 1 aliphatic rings. The van der Waals surface area contributed by atoms with Crippen molar-refractivity contribution in [1.29, 1.82) is 0 Å². The normalized spacial score (nSPS) is 22.1. The molecule has 2 unspecified atom stereocenters. The van der Waals surface area contributed by atoms with E-state index in [4.69, 9.17) is 5.73 Å². The van der Waals surface area contributed by atoms with Crippen molar-refractivity contribution in [2.45, 2.75) is 57.0 Å². The van der Waals surface area contributed by atoms with Crippen molar-refractivity contribution in [1.82, 2.24) is 10.2 Å². The third-order valence-corrected chi connectivity index (χ3v) is 4.56. The zero-order valence-electron chi connectivity index (χ0n) is 12.6. The average molecular weight is 317 g/mol. The number of nitrogens with one attached hydrogen (secondary N) is 1. The van der Waals surface area contributed by atoms with Gasteiger partial charge in [0.1, 0.15) is 6.04 Å². The van der Waals surface area contributed by atoms with Gasteiger partial charge in [0, 0.05) is 17.7 Å². The molecule has 3 amide bonds. The van der Waals surface area contributed by atoms with E-state index >= 15 is 0 Å². The van der Waals surface area contributed by atoms with Crippen molar-refractivity contribution in [3.63, 3.8) is 0 Å². The Morgan fingerprint density at radius 2 is 2.05 bits per heavy atom. The lowest BCUT2D eigenvalue weighted by Gasteiger charge is -2.32. The third kappa shape index (κ3) is 4.80. The number of urea groups is 1. The summed E-state index contributed by atoms with van der Waals surface area (Å²) in [4.78, 5) is 36.1. The molecular weight excluding hydrogens is 294 g/mol. The van der Waals surface area contributed by atoms with E-state index in [1.54, 1.807) is 13.8 Å². The van der Waals surface area contributed by atoms with Crippen molar-refractivity contribution in [2.75, 3.05) is 5.75 Å². The van der Waals surface area contributed by atoms with Gasteiger partial charge in [-0.3, -0.25) is 9.69 Å². The number of nitrogens with zero attached hydrogens (tertiary/aromatic N) is 1. The average Bonchev–Trinajstić information content (AvgIpc) is 2.70.